The molecule has 4 N–H and O–H groups in total. The average molecular weight is 194 g/mol. The van der Waals surface area contributed by atoms with E-state index in [9.17, 15) is 15.3 Å². The third-order valence-corrected chi connectivity index (χ3v) is 2.08. The molecule has 0 aromatic rings. The molecule has 0 amide bonds. The Morgan fingerprint density at radius 2 is 1.77 bits per heavy atom. The van der Waals surface area contributed by atoms with Crippen LogP contribution in [0, 0.1) is 0 Å². The zero-order chi connectivity index (χ0) is 10.0. The molecule has 5 atom stereocenters. The summed E-state index contributed by atoms with van der Waals surface area (Å²) >= 11 is 0. The molecule has 13 heavy (non-hydrogen) atoms. The van der Waals surface area contributed by atoms with Gasteiger partial charge in [0.2, 0.25) is 0 Å². The van der Waals surface area contributed by atoms with Crippen LogP contribution < -0.4 is 0 Å². The maximum absolute atomic E-state index is 9.28. The van der Waals surface area contributed by atoms with Gasteiger partial charge in [0, 0.05) is 7.11 Å². The average Bonchev–Trinajstić information content (AvgIpc) is 2.15. The molecule has 1 aliphatic heterocycles. The Hall–Kier alpha value is -0.240. The zero-order valence-corrected chi connectivity index (χ0v) is 7.20. The molecule has 1 fully saturated rings. The van der Waals surface area contributed by atoms with Crippen LogP contribution in [0.15, 0.2) is 0 Å². The molecular formula is C7H14O6. The molecule has 78 valence electrons. The number of methoxy groups -OCH3 is 1. The van der Waals surface area contributed by atoms with E-state index in [1.807, 2.05) is 0 Å². The summed E-state index contributed by atoms with van der Waals surface area (Å²) in [6.07, 6.45) is -5.91. The molecule has 0 aromatic heterocycles. The van der Waals surface area contributed by atoms with Crippen LogP contribution in [0.3, 0.4) is 0 Å². The van der Waals surface area contributed by atoms with Gasteiger partial charge < -0.3 is 29.9 Å². The van der Waals surface area contributed by atoms with Gasteiger partial charge in [0.1, 0.15) is 24.4 Å². The summed E-state index contributed by atoms with van der Waals surface area (Å²) in [4.78, 5) is 0. The summed E-state index contributed by atoms with van der Waals surface area (Å²) in [5.74, 6) is 0. The molecule has 1 unspecified atom stereocenters. The first-order chi connectivity index (χ1) is 6.11. The van der Waals surface area contributed by atoms with Crippen LogP contribution in [0.2, 0.25) is 0 Å². The second kappa shape index (κ2) is 4.32. The van der Waals surface area contributed by atoms with E-state index < -0.39 is 37.3 Å². The molecule has 6 heteroatoms. The van der Waals surface area contributed by atoms with Crippen LogP contribution in [0.1, 0.15) is 0 Å². The van der Waals surface area contributed by atoms with Crippen LogP contribution in [0.25, 0.3) is 0 Å². The van der Waals surface area contributed by atoms with Gasteiger partial charge in [-0.1, -0.05) is 0 Å². The van der Waals surface area contributed by atoms with Crippen molar-refractivity contribution in [1.82, 2.24) is 0 Å². The van der Waals surface area contributed by atoms with Gasteiger partial charge in [-0.2, -0.15) is 0 Å². The SMILES string of the molecule is CO[C@@H]1O[C@H](CO)C(O)[C@H](O)[C@@H]1O. The number of hydrogen-bond acceptors (Lipinski definition) is 6. The highest BCUT2D eigenvalue weighted by Gasteiger charge is 2.43. The van der Waals surface area contributed by atoms with E-state index in [2.05, 4.69) is 0 Å². The first-order valence-corrected chi connectivity index (χ1v) is 3.95. The Morgan fingerprint density at radius 1 is 1.15 bits per heavy atom. The van der Waals surface area contributed by atoms with E-state index in [1.54, 1.807) is 0 Å². The van der Waals surface area contributed by atoms with E-state index in [4.69, 9.17) is 14.6 Å². The Bertz CT molecular complexity index is 143. The highest BCUT2D eigenvalue weighted by Crippen LogP contribution is 2.20. The number of ether oxygens (including phenoxy) is 2. The van der Waals surface area contributed by atoms with Crippen molar-refractivity contribution >= 4 is 0 Å². The van der Waals surface area contributed by atoms with E-state index in [-0.39, 0.29) is 0 Å². The second-order valence-corrected chi connectivity index (χ2v) is 2.93. The third-order valence-electron chi connectivity index (χ3n) is 2.08. The van der Waals surface area contributed by atoms with Gasteiger partial charge in [-0.25, -0.2) is 0 Å². The van der Waals surface area contributed by atoms with E-state index >= 15 is 0 Å². The second-order valence-electron chi connectivity index (χ2n) is 2.93. The molecule has 6 nitrogen and oxygen atoms in total. The third kappa shape index (κ3) is 1.98. The molecule has 0 radical (unpaired) electrons. The van der Waals surface area contributed by atoms with E-state index in [1.165, 1.54) is 7.11 Å². The van der Waals surface area contributed by atoms with Gasteiger partial charge >= 0.3 is 0 Å². The summed E-state index contributed by atoms with van der Waals surface area (Å²) in [7, 11) is 1.30. The van der Waals surface area contributed by atoms with Gasteiger partial charge in [0.15, 0.2) is 6.29 Å². The first kappa shape index (κ1) is 10.8. The topological polar surface area (TPSA) is 99.4 Å². The maximum atomic E-state index is 9.28. The van der Waals surface area contributed by atoms with Crippen molar-refractivity contribution in [3.63, 3.8) is 0 Å². The molecule has 1 heterocycles. The monoisotopic (exact) mass is 194 g/mol. The Kier molecular flexibility index (Phi) is 3.60. The van der Waals surface area contributed by atoms with Crippen LogP contribution in [-0.4, -0.2) is 64.8 Å². The quantitative estimate of drug-likeness (QED) is 0.386. The summed E-state index contributed by atoms with van der Waals surface area (Å²) in [6.45, 7) is -0.440. The molecule has 1 aliphatic rings. The Labute approximate surface area is 75.3 Å². The lowest BCUT2D eigenvalue weighted by Crippen LogP contribution is -2.58. The van der Waals surface area contributed by atoms with Crippen molar-refractivity contribution in [3.05, 3.63) is 0 Å². The van der Waals surface area contributed by atoms with Gasteiger partial charge in [0.05, 0.1) is 6.61 Å². The molecule has 0 bridgehead atoms. The molecular weight excluding hydrogens is 180 g/mol. The standard InChI is InChI=1S/C7H14O6/c1-12-7-6(11)5(10)4(9)3(2-8)13-7/h3-11H,2H2,1H3/t3-,4?,5+,6+,7-/m1/s1. The molecule has 0 aliphatic carbocycles. The molecule has 1 rings (SSSR count). The van der Waals surface area contributed by atoms with Crippen molar-refractivity contribution < 1.29 is 29.9 Å². The lowest BCUT2D eigenvalue weighted by molar-refractivity contribution is -0.294. The number of rotatable bonds is 2. The minimum atomic E-state index is -1.36. The highest BCUT2D eigenvalue weighted by molar-refractivity contribution is 4.88. The Balaban J connectivity index is 2.66. The maximum Gasteiger partial charge on any atom is 0.186 e. The number of aliphatic hydroxyl groups is 4. The van der Waals surface area contributed by atoms with Crippen LogP contribution in [-0.2, 0) is 9.47 Å². The van der Waals surface area contributed by atoms with Crippen LogP contribution >= 0.6 is 0 Å². The minimum Gasteiger partial charge on any atom is -0.394 e. The molecule has 0 spiro atoms. The van der Waals surface area contributed by atoms with Crippen molar-refractivity contribution in [3.8, 4) is 0 Å². The van der Waals surface area contributed by atoms with Crippen LogP contribution in [0.4, 0.5) is 0 Å². The Morgan fingerprint density at radius 3 is 2.23 bits per heavy atom. The zero-order valence-electron chi connectivity index (χ0n) is 7.20. The van der Waals surface area contributed by atoms with Crippen molar-refractivity contribution in [1.29, 1.82) is 0 Å². The summed E-state index contributed by atoms with van der Waals surface area (Å²) in [5.41, 5.74) is 0. The fraction of sp³-hybridized carbons (Fsp3) is 1.00. The van der Waals surface area contributed by atoms with Crippen molar-refractivity contribution in [2.75, 3.05) is 13.7 Å². The predicted octanol–water partition coefficient (Wildman–Crippen LogP) is -2.57. The minimum absolute atomic E-state index is 0.440. The van der Waals surface area contributed by atoms with Crippen LogP contribution in [0.5, 0.6) is 0 Å². The fourth-order valence-corrected chi connectivity index (χ4v) is 1.26. The van der Waals surface area contributed by atoms with Gasteiger partial charge in [-0.05, 0) is 0 Å². The smallest absolute Gasteiger partial charge is 0.186 e. The summed E-state index contributed by atoms with van der Waals surface area (Å²) in [5, 5.41) is 36.6. The largest absolute Gasteiger partial charge is 0.394 e. The summed E-state index contributed by atoms with van der Waals surface area (Å²) < 4.78 is 9.65. The lowest BCUT2D eigenvalue weighted by Gasteiger charge is -2.38. The normalized spacial score (nSPS) is 46.4. The molecule has 1 saturated heterocycles. The molecule has 0 saturated carbocycles. The fourth-order valence-electron chi connectivity index (χ4n) is 1.26. The van der Waals surface area contributed by atoms with Crippen molar-refractivity contribution in [2.24, 2.45) is 0 Å². The lowest BCUT2D eigenvalue weighted by atomic mass is 9.99. The summed E-state index contributed by atoms with van der Waals surface area (Å²) in [6, 6.07) is 0. The van der Waals surface area contributed by atoms with Gasteiger partial charge in [-0.15, -0.1) is 0 Å². The number of aliphatic hydroxyl groups excluding tert-OH is 4. The number of hydrogen-bond donors (Lipinski definition) is 4. The first-order valence-electron chi connectivity index (χ1n) is 3.95. The van der Waals surface area contributed by atoms with E-state index in [0.717, 1.165) is 0 Å². The highest BCUT2D eigenvalue weighted by atomic mass is 16.7. The van der Waals surface area contributed by atoms with Gasteiger partial charge in [-0.3, -0.25) is 0 Å². The predicted molar refractivity (Wildman–Crippen MR) is 40.8 cm³/mol. The van der Waals surface area contributed by atoms with Crippen molar-refractivity contribution in [2.45, 2.75) is 30.7 Å². The molecule has 0 aromatic carbocycles. The van der Waals surface area contributed by atoms with Gasteiger partial charge in [0.25, 0.3) is 0 Å². The van der Waals surface area contributed by atoms with E-state index in [0.29, 0.717) is 0 Å².